The number of halogens is 1. The van der Waals surface area contributed by atoms with Gasteiger partial charge in [0.15, 0.2) is 0 Å². The third-order valence-electron chi connectivity index (χ3n) is 3.41. The van der Waals surface area contributed by atoms with Gasteiger partial charge in [-0.1, -0.05) is 28.9 Å². The van der Waals surface area contributed by atoms with Gasteiger partial charge in [-0.2, -0.15) is 0 Å². The fraction of sp³-hybridized carbons (Fsp3) is 0.400. The van der Waals surface area contributed by atoms with Crippen LogP contribution in [0.2, 0.25) is 0 Å². The Kier molecular flexibility index (Phi) is 5.35. The van der Waals surface area contributed by atoms with Gasteiger partial charge in [-0.15, -0.1) is 0 Å². The minimum Gasteiger partial charge on any atom is -0.256 e. The summed E-state index contributed by atoms with van der Waals surface area (Å²) in [5.74, 6) is 0. The topological polar surface area (TPSA) is 59.1 Å². The fourth-order valence-electron chi connectivity index (χ4n) is 2.15. The van der Waals surface area contributed by atoms with Crippen molar-refractivity contribution in [3.05, 3.63) is 36.0 Å². The van der Waals surface area contributed by atoms with E-state index in [-0.39, 0.29) is 0 Å². The van der Waals surface area contributed by atoms with E-state index in [9.17, 15) is 8.42 Å². The lowest BCUT2D eigenvalue weighted by Gasteiger charge is -2.11. The fourth-order valence-corrected chi connectivity index (χ4v) is 3.63. The Morgan fingerprint density at radius 1 is 1.33 bits per heavy atom. The number of sulfonamides is 1. The second kappa shape index (κ2) is 6.85. The van der Waals surface area contributed by atoms with Crippen molar-refractivity contribution in [2.45, 2.75) is 36.4 Å². The molecule has 6 heteroatoms. The van der Waals surface area contributed by atoms with Crippen molar-refractivity contribution in [1.29, 1.82) is 0 Å². The Hall–Kier alpha value is -0.980. The van der Waals surface area contributed by atoms with Gasteiger partial charge in [0.05, 0.1) is 10.4 Å². The average molecular weight is 371 g/mol. The SMILES string of the molecule is CCC(Br)CCNS(=O)(=O)c1ccc(C)c2ncccc12. The predicted molar refractivity (Wildman–Crippen MR) is 89.3 cm³/mol. The lowest BCUT2D eigenvalue weighted by atomic mass is 10.1. The van der Waals surface area contributed by atoms with Crippen LogP contribution < -0.4 is 4.72 Å². The molecule has 0 spiro atoms. The van der Waals surface area contributed by atoms with Crippen LogP contribution in [0.25, 0.3) is 10.9 Å². The first kappa shape index (κ1) is 16.4. The van der Waals surface area contributed by atoms with Crippen LogP contribution in [-0.2, 0) is 10.0 Å². The first-order valence-electron chi connectivity index (χ1n) is 6.93. The molecule has 1 aromatic heterocycles. The van der Waals surface area contributed by atoms with E-state index in [1.807, 2.05) is 6.92 Å². The van der Waals surface area contributed by atoms with Crippen molar-refractivity contribution < 1.29 is 8.42 Å². The van der Waals surface area contributed by atoms with E-state index in [1.165, 1.54) is 0 Å². The molecule has 1 aromatic carbocycles. The quantitative estimate of drug-likeness (QED) is 0.792. The van der Waals surface area contributed by atoms with Crippen LogP contribution in [0, 0.1) is 6.92 Å². The van der Waals surface area contributed by atoms with Crippen molar-refractivity contribution in [3.8, 4) is 0 Å². The van der Waals surface area contributed by atoms with E-state index < -0.39 is 10.0 Å². The second-order valence-electron chi connectivity index (χ2n) is 4.97. The van der Waals surface area contributed by atoms with Crippen LogP contribution in [0.1, 0.15) is 25.3 Å². The van der Waals surface area contributed by atoms with Crippen LogP contribution in [0.3, 0.4) is 0 Å². The maximum atomic E-state index is 12.5. The Bertz CT molecular complexity index is 732. The van der Waals surface area contributed by atoms with Gasteiger partial charge in [0.2, 0.25) is 10.0 Å². The van der Waals surface area contributed by atoms with E-state index in [4.69, 9.17) is 0 Å². The average Bonchev–Trinajstić information content (AvgIpc) is 2.47. The highest BCUT2D eigenvalue weighted by atomic mass is 79.9. The minimum atomic E-state index is -3.52. The predicted octanol–water partition coefficient (Wildman–Crippen LogP) is 3.39. The summed E-state index contributed by atoms with van der Waals surface area (Å²) >= 11 is 3.51. The molecule has 2 rings (SSSR count). The molecule has 1 atom stereocenters. The highest BCUT2D eigenvalue weighted by Crippen LogP contribution is 2.24. The Morgan fingerprint density at radius 2 is 2.10 bits per heavy atom. The monoisotopic (exact) mass is 370 g/mol. The summed E-state index contributed by atoms with van der Waals surface area (Å²) in [6.45, 7) is 4.41. The number of nitrogens with zero attached hydrogens (tertiary/aromatic N) is 1. The summed E-state index contributed by atoms with van der Waals surface area (Å²) in [4.78, 5) is 4.90. The molecule has 21 heavy (non-hydrogen) atoms. The number of alkyl halides is 1. The van der Waals surface area contributed by atoms with Gasteiger partial charge in [-0.3, -0.25) is 4.98 Å². The Balaban J connectivity index is 2.31. The summed E-state index contributed by atoms with van der Waals surface area (Å²) < 4.78 is 27.6. The molecule has 0 fully saturated rings. The summed E-state index contributed by atoms with van der Waals surface area (Å²) in [6.07, 6.45) is 3.41. The van der Waals surface area contributed by atoms with Crippen LogP contribution >= 0.6 is 15.9 Å². The van der Waals surface area contributed by atoms with Gasteiger partial charge in [0, 0.05) is 23.0 Å². The molecule has 0 radical (unpaired) electrons. The number of aryl methyl sites for hydroxylation is 1. The molecule has 0 saturated carbocycles. The number of aromatic nitrogens is 1. The van der Waals surface area contributed by atoms with Gasteiger partial charge in [0.1, 0.15) is 0 Å². The van der Waals surface area contributed by atoms with Crippen molar-refractivity contribution in [2.24, 2.45) is 0 Å². The smallest absolute Gasteiger partial charge is 0.241 e. The Morgan fingerprint density at radius 3 is 2.81 bits per heavy atom. The zero-order valence-corrected chi connectivity index (χ0v) is 14.5. The highest BCUT2D eigenvalue weighted by molar-refractivity contribution is 9.09. The molecule has 1 N–H and O–H groups in total. The second-order valence-corrected chi connectivity index (χ2v) is 8.00. The number of hydrogen-bond donors (Lipinski definition) is 1. The number of nitrogens with one attached hydrogen (secondary N) is 1. The first-order chi connectivity index (χ1) is 9.95. The molecule has 0 bridgehead atoms. The highest BCUT2D eigenvalue weighted by Gasteiger charge is 2.18. The third-order valence-corrected chi connectivity index (χ3v) is 6.04. The molecule has 0 aliphatic heterocycles. The zero-order chi connectivity index (χ0) is 15.5. The molecule has 1 heterocycles. The summed E-state index contributed by atoms with van der Waals surface area (Å²) in [5, 5.41) is 0.663. The minimum absolute atomic E-state index is 0.291. The van der Waals surface area contributed by atoms with Crippen molar-refractivity contribution in [1.82, 2.24) is 9.71 Å². The number of hydrogen-bond acceptors (Lipinski definition) is 3. The molecule has 0 saturated heterocycles. The number of rotatable bonds is 6. The van der Waals surface area contributed by atoms with Crippen LogP contribution in [-0.4, -0.2) is 24.8 Å². The normalized spacial score (nSPS) is 13.5. The van der Waals surface area contributed by atoms with Crippen LogP contribution in [0.4, 0.5) is 0 Å². The maximum absolute atomic E-state index is 12.5. The molecular formula is C15H19BrN2O2S. The Labute approximate surface area is 134 Å². The standard InChI is InChI=1S/C15H19BrN2O2S/c1-3-12(16)8-10-18-21(19,20)14-7-6-11(2)15-13(14)5-4-9-17-15/h4-7,9,12,18H,3,8,10H2,1-2H3. The van der Waals surface area contributed by atoms with Gasteiger partial charge >= 0.3 is 0 Å². The molecule has 2 aromatic rings. The molecule has 1 unspecified atom stereocenters. The van der Waals surface area contributed by atoms with Crippen LogP contribution in [0.15, 0.2) is 35.4 Å². The van der Waals surface area contributed by atoms with Gasteiger partial charge in [-0.05, 0) is 43.5 Å². The molecule has 0 aliphatic rings. The lowest BCUT2D eigenvalue weighted by Crippen LogP contribution is -2.26. The van der Waals surface area contributed by atoms with Gasteiger partial charge in [-0.25, -0.2) is 13.1 Å². The number of benzene rings is 1. The molecule has 0 aliphatic carbocycles. The van der Waals surface area contributed by atoms with Crippen molar-refractivity contribution >= 4 is 36.9 Å². The molecular weight excluding hydrogens is 352 g/mol. The molecule has 0 amide bonds. The van der Waals surface area contributed by atoms with Crippen molar-refractivity contribution in [2.75, 3.05) is 6.54 Å². The number of pyridine rings is 1. The number of fused-ring (bicyclic) bond motifs is 1. The largest absolute Gasteiger partial charge is 0.256 e. The van der Waals surface area contributed by atoms with Crippen LogP contribution in [0.5, 0.6) is 0 Å². The van der Waals surface area contributed by atoms with E-state index in [0.29, 0.717) is 21.7 Å². The van der Waals surface area contributed by atoms with E-state index >= 15 is 0 Å². The first-order valence-corrected chi connectivity index (χ1v) is 9.33. The van der Waals surface area contributed by atoms with Gasteiger partial charge < -0.3 is 0 Å². The summed E-state index contributed by atoms with van der Waals surface area (Å²) in [6, 6.07) is 6.99. The van der Waals surface area contributed by atoms with Gasteiger partial charge in [0.25, 0.3) is 0 Å². The van der Waals surface area contributed by atoms with E-state index in [0.717, 1.165) is 23.9 Å². The molecule has 114 valence electrons. The summed E-state index contributed by atoms with van der Waals surface area (Å²) in [7, 11) is -3.52. The van der Waals surface area contributed by atoms with E-state index in [1.54, 1.807) is 30.5 Å². The van der Waals surface area contributed by atoms with E-state index in [2.05, 4.69) is 32.6 Å². The maximum Gasteiger partial charge on any atom is 0.241 e. The lowest BCUT2D eigenvalue weighted by molar-refractivity contribution is 0.578. The third kappa shape index (κ3) is 3.81. The zero-order valence-electron chi connectivity index (χ0n) is 12.1. The summed E-state index contributed by atoms with van der Waals surface area (Å²) in [5.41, 5.74) is 1.70. The van der Waals surface area contributed by atoms with Crippen molar-refractivity contribution in [3.63, 3.8) is 0 Å². The molecule has 4 nitrogen and oxygen atoms in total.